The number of aromatic nitrogens is 2. The van der Waals surface area contributed by atoms with Crippen LogP contribution in [-0.2, 0) is 16.6 Å². The molecule has 0 spiro atoms. The molecule has 4 nitrogen and oxygen atoms in total. The van der Waals surface area contributed by atoms with Gasteiger partial charge in [-0.15, -0.1) is 0 Å². The van der Waals surface area contributed by atoms with Crippen molar-refractivity contribution in [2.45, 2.75) is 39.0 Å². The van der Waals surface area contributed by atoms with Crippen molar-refractivity contribution in [1.82, 2.24) is 9.97 Å². The highest BCUT2D eigenvalue weighted by molar-refractivity contribution is 5.67. The van der Waals surface area contributed by atoms with Gasteiger partial charge in [0.15, 0.2) is 0 Å². The van der Waals surface area contributed by atoms with E-state index in [-0.39, 0.29) is 11.8 Å². The number of carboxylic acids is 1. The second kappa shape index (κ2) is 4.38. The van der Waals surface area contributed by atoms with E-state index in [1.165, 1.54) is 0 Å². The smallest absolute Gasteiger partial charge is 0.303 e. The Hall–Kier alpha value is -1.45. The van der Waals surface area contributed by atoms with Crippen molar-refractivity contribution in [3.05, 3.63) is 23.8 Å². The first-order valence-corrected chi connectivity index (χ1v) is 4.93. The van der Waals surface area contributed by atoms with E-state index >= 15 is 0 Å². The van der Waals surface area contributed by atoms with Crippen LogP contribution in [0, 0.1) is 0 Å². The Morgan fingerprint density at radius 3 is 2.27 bits per heavy atom. The molecule has 0 unspecified atom stereocenters. The van der Waals surface area contributed by atoms with Crippen LogP contribution in [-0.4, -0.2) is 21.0 Å². The maximum atomic E-state index is 10.4. The zero-order valence-corrected chi connectivity index (χ0v) is 9.32. The van der Waals surface area contributed by atoms with E-state index in [2.05, 4.69) is 9.97 Å². The topological polar surface area (TPSA) is 63.1 Å². The fourth-order valence-electron chi connectivity index (χ4n) is 1.12. The summed E-state index contributed by atoms with van der Waals surface area (Å²) in [6.07, 6.45) is 4.02. The third-order valence-electron chi connectivity index (χ3n) is 2.00. The summed E-state index contributed by atoms with van der Waals surface area (Å²) in [4.78, 5) is 18.8. The van der Waals surface area contributed by atoms with Gasteiger partial charge in [0.25, 0.3) is 0 Å². The van der Waals surface area contributed by atoms with Crippen LogP contribution in [0.1, 0.15) is 38.6 Å². The highest BCUT2D eigenvalue weighted by Gasteiger charge is 2.16. The lowest BCUT2D eigenvalue weighted by Crippen LogP contribution is -2.15. The molecule has 1 aromatic heterocycles. The minimum atomic E-state index is -0.796. The van der Waals surface area contributed by atoms with Crippen LogP contribution in [0.5, 0.6) is 0 Å². The minimum absolute atomic E-state index is 0.0642. The van der Waals surface area contributed by atoms with E-state index in [9.17, 15) is 4.79 Å². The molecule has 0 aliphatic heterocycles. The Bertz CT molecular complexity index is 339. The van der Waals surface area contributed by atoms with Crippen LogP contribution in [0.4, 0.5) is 0 Å². The summed E-state index contributed by atoms with van der Waals surface area (Å²) in [5.74, 6) is -0.0172. The summed E-state index contributed by atoms with van der Waals surface area (Å²) < 4.78 is 0. The lowest BCUT2D eigenvalue weighted by Gasteiger charge is -2.15. The van der Waals surface area contributed by atoms with Gasteiger partial charge in [-0.25, -0.2) is 9.97 Å². The van der Waals surface area contributed by atoms with Gasteiger partial charge < -0.3 is 5.11 Å². The molecule has 0 saturated carbocycles. The average molecular weight is 208 g/mol. The van der Waals surface area contributed by atoms with E-state index in [1.54, 1.807) is 12.4 Å². The number of hydrogen-bond donors (Lipinski definition) is 1. The first kappa shape index (κ1) is 11.6. The van der Waals surface area contributed by atoms with Gasteiger partial charge in [-0.1, -0.05) is 20.8 Å². The zero-order chi connectivity index (χ0) is 11.5. The van der Waals surface area contributed by atoms with Crippen molar-refractivity contribution in [3.8, 4) is 0 Å². The van der Waals surface area contributed by atoms with Crippen molar-refractivity contribution in [2.24, 2.45) is 0 Å². The fourth-order valence-corrected chi connectivity index (χ4v) is 1.12. The molecule has 15 heavy (non-hydrogen) atoms. The van der Waals surface area contributed by atoms with E-state index in [4.69, 9.17) is 5.11 Å². The van der Waals surface area contributed by atoms with Crippen LogP contribution in [0.15, 0.2) is 12.4 Å². The van der Waals surface area contributed by atoms with Gasteiger partial charge in [-0.3, -0.25) is 4.79 Å². The Morgan fingerprint density at radius 1 is 1.33 bits per heavy atom. The molecule has 0 saturated heterocycles. The molecule has 82 valence electrons. The van der Waals surface area contributed by atoms with Crippen LogP contribution in [0.3, 0.4) is 0 Å². The predicted molar refractivity (Wildman–Crippen MR) is 56.7 cm³/mol. The van der Waals surface area contributed by atoms with Crippen molar-refractivity contribution < 1.29 is 9.90 Å². The van der Waals surface area contributed by atoms with Gasteiger partial charge in [0, 0.05) is 24.2 Å². The quantitative estimate of drug-likeness (QED) is 0.822. The van der Waals surface area contributed by atoms with E-state index in [0.29, 0.717) is 6.42 Å². The molecule has 0 bridgehead atoms. The minimum Gasteiger partial charge on any atom is -0.481 e. The van der Waals surface area contributed by atoms with E-state index in [0.717, 1.165) is 11.4 Å². The molecule has 0 radical (unpaired) electrons. The lowest BCUT2D eigenvalue weighted by molar-refractivity contribution is -0.136. The van der Waals surface area contributed by atoms with Gasteiger partial charge in [0.05, 0.1) is 0 Å². The average Bonchev–Trinajstić information content (AvgIpc) is 2.14. The van der Waals surface area contributed by atoms with Crippen LogP contribution in [0.25, 0.3) is 0 Å². The van der Waals surface area contributed by atoms with Gasteiger partial charge in [-0.2, -0.15) is 0 Å². The lowest BCUT2D eigenvalue weighted by atomic mass is 9.96. The molecule has 1 N–H and O–H groups in total. The summed E-state index contributed by atoms with van der Waals surface area (Å²) in [5.41, 5.74) is 0.802. The second-order valence-electron chi connectivity index (χ2n) is 4.56. The van der Waals surface area contributed by atoms with Crippen LogP contribution >= 0.6 is 0 Å². The number of aryl methyl sites for hydroxylation is 1. The SMILES string of the molecule is CC(C)(C)c1ncc(CCC(=O)O)cn1. The number of aliphatic carboxylic acids is 1. The van der Waals surface area contributed by atoms with E-state index in [1.807, 2.05) is 20.8 Å². The Labute approximate surface area is 89.4 Å². The molecule has 0 aromatic carbocycles. The molecule has 0 fully saturated rings. The molecular formula is C11H16N2O2. The van der Waals surface area contributed by atoms with Crippen molar-refractivity contribution >= 4 is 5.97 Å². The molecule has 4 heteroatoms. The second-order valence-corrected chi connectivity index (χ2v) is 4.56. The number of carbonyl (C=O) groups is 1. The van der Waals surface area contributed by atoms with Crippen molar-refractivity contribution in [1.29, 1.82) is 0 Å². The number of rotatable bonds is 3. The number of nitrogens with zero attached hydrogens (tertiary/aromatic N) is 2. The maximum Gasteiger partial charge on any atom is 0.303 e. The van der Waals surface area contributed by atoms with Gasteiger partial charge in [0.1, 0.15) is 5.82 Å². The first-order valence-electron chi connectivity index (χ1n) is 4.93. The molecule has 1 heterocycles. The Balaban J connectivity index is 2.69. The number of hydrogen-bond acceptors (Lipinski definition) is 3. The highest BCUT2D eigenvalue weighted by Crippen LogP contribution is 2.17. The third kappa shape index (κ3) is 3.65. The van der Waals surface area contributed by atoms with Crippen LogP contribution in [0.2, 0.25) is 0 Å². The summed E-state index contributed by atoms with van der Waals surface area (Å²) in [5, 5.41) is 8.52. The normalized spacial score (nSPS) is 11.4. The van der Waals surface area contributed by atoms with Crippen LogP contribution < -0.4 is 0 Å². The monoisotopic (exact) mass is 208 g/mol. The Morgan fingerprint density at radius 2 is 1.87 bits per heavy atom. The van der Waals surface area contributed by atoms with Crippen molar-refractivity contribution in [2.75, 3.05) is 0 Å². The Kier molecular flexibility index (Phi) is 3.39. The molecule has 0 aliphatic rings. The molecule has 0 atom stereocenters. The molecule has 0 amide bonds. The molecule has 0 aliphatic carbocycles. The summed E-state index contributed by atoms with van der Waals surface area (Å²) >= 11 is 0. The predicted octanol–water partition coefficient (Wildman–Crippen LogP) is 1.79. The standard InChI is InChI=1S/C11H16N2O2/c1-11(2,3)10-12-6-8(7-13-10)4-5-9(14)15/h6-7H,4-5H2,1-3H3,(H,14,15). The van der Waals surface area contributed by atoms with Gasteiger partial charge in [-0.05, 0) is 12.0 Å². The highest BCUT2D eigenvalue weighted by atomic mass is 16.4. The summed E-state index contributed by atoms with van der Waals surface area (Å²) in [7, 11) is 0. The van der Waals surface area contributed by atoms with Gasteiger partial charge in [0.2, 0.25) is 0 Å². The fraction of sp³-hybridized carbons (Fsp3) is 0.545. The zero-order valence-electron chi connectivity index (χ0n) is 9.32. The van der Waals surface area contributed by atoms with Gasteiger partial charge >= 0.3 is 5.97 Å². The first-order chi connectivity index (χ1) is 6.89. The molecule has 1 rings (SSSR count). The largest absolute Gasteiger partial charge is 0.481 e. The summed E-state index contributed by atoms with van der Waals surface area (Å²) in [6, 6.07) is 0. The van der Waals surface area contributed by atoms with E-state index < -0.39 is 5.97 Å². The molecule has 1 aromatic rings. The maximum absolute atomic E-state index is 10.4. The van der Waals surface area contributed by atoms with Crippen molar-refractivity contribution in [3.63, 3.8) is 0 Å². The number of carboxylic acid groups (broad SMARTS) is 1. The summed E-state index contributed by atoms with van der Waals surface area (Å²) in [6.45, 7) is 6.12. The third-order valence-corrected chi connectivity index (χ3v) is 2.00. The molecular weight excluding hydrogens is 192 g/mol.